The zero-order valence-corrected chi connectivity index (χ0v) is 25.8. The van der Waals surface area contributed by atoms with Crippen molar-refractivity contribution in [3.05, 3.63) is 75.5 Å². The Balaban J connectivity index is 2.13. The summed E-state index contributed by atoms with van der Waals surface area (Å²) in [5.74, 6) is -10.2. The molecule has 0 saturated heterocycles. The summed E-state index contributed by atoms with van der Waals surface area (Å²) >= 11 is 2.71. The van der Waals surface area contributed by atoms with Crippen molar-refractivity contribution < 1.29 is 49.5 Å². The van der Waals surface area contributed by atoms with Crippen LogP contribution in [0.5, 0.6) is 0 Å². The predicted molar refractivity (Wildman–Crippen MR) is 154 cm³/mol. The van der Waals surface area contributed by atoms with E-state index in [4.69, 9.17) is 5.73 Å². The highest BCUT2D eigenvalue weighted by Gasteiger charge is 2.61. The molecule has 0 fully saturated rings. The highest BCUT2D eigenvalue weighted by Crippen LogP contribution is 2.46. The quantitative estimate of drug-likeness (QED) is 0.234. The molecule has 0 aliphatic heterocycles. The Kier molecular flexibility index (Phi) is 10.6. The lowest BCUT2D eigenvalue weighted by atomic mass is 9.65. The number of halogens is 8. The minimum atomic E-state index is -6.19. The van der Waals surface area contributed by atoms with E-state index in [1.54, 1.807) is 25.3 Å². The number of nitrogens with two attached hydrogens (primary N) is 1. The molecule has 0 spiro atoms. The minimum absolute atomic E-state index is 0.0343. The molecule has 1 aromatic carbocycles. The van der Waals surface area contributed by atoms with Gasteiger partial charge in [0.25, 0.3) is 5.78 Å². The first kappa shape index (κ1) is 36.1. The summed E-state index contributed by atoms with van der Waals surface area (Å²) in [6.45, 7) is 2.45. The van der Waals surface area contributed by atoms with Crippen molar-refractivity contribution in [1.82, 2.24) is 15.1 Å². The van der Waals surface area contributed by atoms with E-state index in [1.807, 2.05) is 6.26 Å². The number of nitrogens with one attached hydrogen (secondary N) is 1. The predicted octanol–water partition coefficient (Wildman–Crippen LogP) is 5.66. The lowest BCUT2D eigenvalue weighted by Gasteiger charge is -2.39. The van der Waals surface area contributed by atoms with E-state index in [0.717, 1.165) is 0 Å². The standard InChI is InChI=1S/C28H28F8N4O3S2/c1-14-10-16(12-40-18(22(41)27(31,32)33)11-20(39-40)26(29,30)28(34,35)36)7-8-17(14)25(24(37)43)9-5-6-19(45-4)21(25)23(42)38-15(2)13-44-3/h5-11,15,21H,12-13H2,1-4H3,(H2,37,43)(H,38,42)/t15-,21?,25?/m0/s1. The van der Waals surface area contributed by atoms with Crippen molar-refractivity contribution >= 4 is 41.1 Å². The van der Waals surface area contributed by atoms with Gasteiger partial charge in [0, 0.05) is 11.8 Å². The Morgan fingerprint density at radius 1 is 1.09 bits per heavy atom. The number of aryl methyl sites for hydroxylation is 1. The van der Waals surface area contributed by atoms with Gasteiger partial charge in [-0.2, -0.15) is 52.0 Å². The first-order chi connectivity index (χ1) is 20.7. The third-order valence-corrected chi connectivity index (χ3v) is 8.76. The molecule has 45 heavy (non-hydrogen) atoms. The van der Waals surface area contributed by atoms with Crippen molar-refractivity contribution in [1.29, 1.82) is 0 Å². The van der Waals surface area contributed by atoms with Crippen LogP contribution < -0.4 is 11.1 Å². The largest absolute Gasteiger partial charge is 0.459 e. The van der Waals surface area contributed by atoms with Gasteiger partial charge in [0.1, 0.15) is 16.8 Å². The van der Waals surface area contributed by atoms with Gasteiger partial charge in [-0.1, -0.05) is 36.4 Å². The highest BCUT2D eigenvalue weighted by atomic mass is 32.2. The van der Waals surface area contributed by atoms with E-state index in [0.29, 0.717) is 10.7 Å². The average Bonchev–Trinajstić information content (AvgIpc) is 3.35. The van der Waals surface area contributed by atoms with Gasteiger partial charge in [-0.05, 0) is 54.0 Å². The number of amides is 2. The Labute approximate surface area is 261 Å². The maximum absolute atomic E-state index is 14.0. The zero-order valence-electron chi connectivity index (χ0n) is 24.1. The SMILES string of the molecule is CSC[C@H](C)NC(=O)C1C(SC)=CC=CC1(C(N)=O)c1ccc(Cn2nc(C(F)(F)C(F)(F)F)cc2C(=O)C(F)(F)F)cc1C. The Bertz CT molecular complexity index is 1530. The molecule has 1 aromatic heterocycles. The lowest BCUT2D eigenvalue weighted by molar-refractivity contribution is -0.291. The fourth-order valence-electron chi connectivity index (χ4n) is 5.08. The van der Waals surface area contributed by atoms with Crippen molar-refractivity contribution in [2.45, 2.75) is 50.1 Å². The van der Waals surface area contributed by atoms with E-state index in [-0.39, 0.29) is 33.5 Å². The van der Waals surface area contributed by atoms with Crippen LogP contribution in [0.15, 0.2) is 47.4 Å². The van der Waals surface area contributed by atoms with Crippen molar-refractivity contribution in [2.24, 2.45) is 11.7 Å². The number of thioether (sulfide) groups is 2. The molecule has 2 aromatic rings. The van der Waals surface area contributed by atoms with Gasteiger partial charge in [-0.15, -0.1) is 11.8 Å². The van der Waals surface area contributed by atoms with Crippen LogP contribution in [0.1, 0.15) is 39.8 Å². The van der Waals surface area contributed by atoms with Crippen LogP contribution >= 0.6 is 23.5 Å². The number of primary amides is 1. The normalized spacial score (nSPS) is 19.6. The van der Waals surface area contributed by atoms with Gasteiger partial charge in [-0.25, -0.2) is 0 Å². The topological polar surface area (TPSA) is 107 Å². The molecule has 0 saturated carbocycles. The van der Waals surface area contributed by atoms with Gasteiger partial charge >= 0.3 is 18.3 Å². The number of ketones is 1. The maximum Gasteiger partial charge on any atom is 0.459 e. The molecule has 0 bridgehead atoms. The molecule has 3 N–H and O–H groups in total. The Morgan fingerprint density at radius 2 is 1.73 bits per heavy atom. The third-order valence-electron chi connectivity index (χ3n) is 7.09. The van der Waals surface area contributed by atoms with Gasteiger partial charge in [0.15, 0.2) is 0 Å². The summed E-state index contributed by atoms with van der Waals surface area (Å²) in [5.41, 5.74) is 1.15. The molecular formula is C28H28F8N4O3S2. The summed E-state index contributed by atoms with van der Waals surface area (Å²) < 4.78 is 107. The van der Waals surface area contributed by atoms with Crippen LogP contribution in [-0.2, 0) is 27.5 Å². The second-order valence-corrected chi connectivity index (χ2v) is 12.1. The molecule has 1 aliphatic carbocycles. The minimum Gasteiger partial charge on any atom is -0.369 e. The molecule has 246 valence electrons. The van der Waals surface area contributed by atoms with Crippen LogP contribution in [0.4, 0.5) is 35.1 Å². The highest BCUT2D eigenvalue weighted by molar-refractivity contribution is 8.02. The molecule has 2 unspecified atom stereocenters. The maximum atomic E-state index is 14.0. The first-order valence-electron chi connectivity index (χ1n) is 13.0. The summed E-state index contributed by atoms with van der Waals surface area (Å²) in [6.07, 6.45) is -3.57. The van der Waals surface area contributed by atoms with Crippen LogP contribution in [0.3, 0.4) is 0 Å². The summed E-state index contributed by atoms with van der Waals surface area (Å²) in [6, 6.07) is 3.43. The molecule has 3 atom stereocenters. The molecule has 2 amide bonds. The summed E-state index contributed by atoms with van der Waals surface area (Å²) in [5, 5.41) is 5.92. The third kappa shape index (κ3) is 7.08. The van der Waals surface area contributed by atoms with E-state index in [9.17, 15) is 49.5 Å². The fourth-order valence-corrected chi connectivity index (χ4v) is 6.41. The second-order valence-electron chi connectivity index (χ2n) is 10.3. The number of carbonyl (C=O) groups excluding carboxylic acids is 3. The van der Waals surface area contributed by atoms with Gasteiger partial charge in [-0.3, -0.25) is 19.1 Å². The number of Topliss-reactive ketones (excluding diaryl/α,β-unsaturated/α-hetero) is 1. The fraction of sp³-hybridized carbons (Fsp3) is 0.429. The van der Waals surface area contributed by atoms with Gasteiger partial charge < -0.3 is 11.1 Å². The summed E-state index contributed by atoms with van der Waals surface area (Å²) in [7, 11) is 0. The molecule has 1 aliphatic rings. The number of aromatic nitrogens is 2. The monoisotopic (exact) mass is 684 g/mol. The number of benzene rings is 1. The summed E-state index contributed by atoms with van der Waals surface area (Å²) in [4.78, 5) is 39.3. The molecule has 1 heterocycles. The smallest absolute Gasteiger partial charge is 0.369 e. The van der Waals surface area contributed by atoms with Crippen molar-refractivity contribution in [3.63, 3.8) is 0 Å². The lowest BCUT2D eigenvalue weighted by Crippen LogP contribution is -2.54. The number of hydrogen-bond acceptors (Lipinski definition) is 6. The van der Waals surface area contributed by atoms with E-state index in [1.165, 1.54) is 54.7 Å². The molecule has 0 radical (unpaired) electrons. The second kappa shape index (κ2) is 13.2. The number of hydrogen-bond donors (Lipinski definition) is 2. The first-order valence-corrected chi connectivity index (χ1v) is 15.6. The van der Waals surface area contributed by atoms with E-state index < -0.39 is 65.1 Å². The molecule has 3 rings (SSSR count). The zero-order chi connectivity index (χ0) is 34.1. The van der Waals surface area contributed by atoms with Crippen LogP contribution in [0, 0.1) is 12.8 Å². The molecule has 7 nitrogen and oxygen atoms in total. The molecule has 17 heteroatoms. The Morgan fingerprint density at radius 3 is 2.24 bits per heavy atom. The number of carbonyl (C=O) groups is 3. The number of rotatable bonds is 11. The van der Waals surface area contributed by atoms with Crippen LogP contribution in [0.25, 0.3) is 0 Å². The number of allylic oxidation sites excluding steroid dienone is 2. The van der Waals surface area contributed by atoms with E-state index in [2.05, 4.69) is 10.4 Å². The molecular weight excluding hydrogens is 656 g/mol. The van der Waals surface area contributed by atoms with E-state index >= 15 is 0 Å². The van der Waals surface area contributed by atoms with Crippen LogP contribution in [-0.4, -0.2) is 64.0 Å². The van der Waals surface area contributed by atoms with Gasteiger partial charge in [0.2, 0.25) is 11.8 Å². The van der Waals surface area contributed by atoms with Crippen molar-refractivity contribution in [3.8, 4) is 0 Å². The number of nitrogens with zero attached hydrogens (tertiary/aromatic N) is 2. The van der Waals surface area contributed by atoms with Crippen LogP contribution in [0.2, 0.25) is 0 Å². The average molecular weight is 685 g/mol. The Hall–Kier alpha value is -3.34. The number of alkyl halides is 8. The van der Waals surface area contributed by atoms with Crippen molar-refractivity contribution in [2.75, 3.05) is 18.3 Å². The van der Waals surface area contributed by atoms with Gasteiger partial charge in [0.05, 0.1) is 12.5 Å².